The second kappa shape index (κ2) is 9.19. The first-order valence-electron chi connectivity index (χ1n) is 7.07. The number of carbonyl (C=O) groups is 2. The number of carbonyl (C=O) groups excluding carboxylic acids is 2. The Labute approximate surface area is 147 Å². The van der Waals surface area contributed by atoms with Crippen LogP contribution in [-0.2, 0) is 16.0 Å². The van der Waals surface area contributed by atoms with Crippen LogP contribution < -0.4 is 10.6 Å². The molecule has 1 aromatic heterocycles. The lowest BCUT2D eigenvalue weighted by Gasteiger charge is -2.03. The molecule has 0 radical (unpaired) electrons. The summed E-state index contributed by atoms with van der Waals surface area (Å²) in [6.07, 6.45) is 1.81. The maximum atomic E-state index is 12.8. The number of aromatic nitrogens is 1. The van der Waals surface area contributed by atoms with E-state index in [2.05, 4.69) is 22.2 Å². The third kappa shape index (κ3) is 6.13. The molecule has 0 aliphatic rings. The Morgan fingerprint density at radius 2 is 2.04 bits per heavy atom. The average Bonchev–Trinajstić information content (AvgIpc) is 3.00. The van der Waals surface area contributed by atoms with Crippen molar-refractivity contribution < 1.29 is 14.0 Å². The summed E-state index contributed by atoms with van der Waals surface area (Å²) in [5.74, 6) is -0.486. The lowest BCUT2D eigenvalue weighted by atomic mass is 10.3. The molecule has 2 rings (SSSR count). The van der Waals surface area contributed by atoms with Gasteiger partial charge in [-0.1, -0.05) is 17.8 Å². The quantitative estimate of drug-likeness (QED) is 0.557. The summed E-state index contributed by atoms with van der Waals surface area (Å²) in [6, 6.07) is 5.57. The number of thioether (sulfide) groups is 1. The molecule has 1 heterocycles. The van der Waals surface area contributed by atoms with Gasteiger partial charge in [0.05, 0.1) is 17.9 Å². The SMILES string of the molecule is C=CCNC(=O)Cc1csc(SCC(=O)Nc2ccc(F)cc2)n1. The monoisotopic (exact) mass is 365 g/mol. The summed E-state index contributed by atoms with van der Waals surface area (Å²) in [5.41, 5.74) is 1.21. The van der Waals surface area contributed by atoms with E-state index in [1.807, 2.05) is 0 Å². The molecule has 0 aliphatic carbocycles. The van der Waals surface area contributed by atoms with E-state index in [1.54, 1.807) is 11.5 Å². The van der Waals surface area contributed by atoms with Crippen LogP contribution in [-0.4, -0.2) is 29.1 Å². The van der Waals surface area contributed by atoms with Gasteiger partial charge in [0.2, 0.25) is 11.8 Å². The first kappa shape index (κ1) is 18.2. The summed E-state index contributed by atoms with van der Waals surface area (Å²) in [7, 11) is 0. The highest BCUT2D eigenvalue weighted by Gasteiger charge is 2.09. The van der Waals surface area contributed by atoms with Crippen LogP contribution in [0.15, 0.2) is 46.6 Å². The van der Waals surface area contributed by atoms with Gasteiger partial charge in [-0.15, -0.1) is 17.9 Å². The van der Waals surface area contributed by atoms with Crippen molar-refractivity contribution in [2.75, 3.05) is 17.6 Å². The molecule has 0 saturated heterocycles. The minimum Gasteiger partial charge on any atom is -0.352 e. The number of anilines is 1. The lowest BCUT2D eigenvalue weighted by Crippen LogP contribution is -2.25. The van der Waals surface area contributed by atoms with Gasteiger partial charge < -0.3 is 10.6 Å². The fraction of sp³-hybridized carbons (Fsp3) is 0.188. The average molecular weight is 365 g/mol. The number of amides is 2. The minimum absolute atomic E-state index is 0.120. The second-order valence-corrected chi connectivity index (χ2v) is 6.80. The van der Waals surface area contributed by atoms with Crippen molar-refractivity contribution in [3.8, 4) is 0 Å². The van der Waals surface area contributed by atoms with E-state index in [0.29, 0.717) is 17.9 Å². The van der Waals surface area contributed by atoms with Crippen LogP contribution in [0.2, 0.25) is 0 Å². The molecule has 126 valence electrons. The van der Waals surface area contributed by atoms with Gasteiger partial charge in [-0.3, -0.25) is 9.59 Å². The molecular weight excluding hydrogens is 349 g/mol. The summed E-state index contributed by atoms with van der Waals surface area (Å²) in [5, 5.41) is 7.16. The first-order valence-corrected chi connectivity index (χ1v) is 8.93. The Morgan fingerprint density at radius 1 is 1.29 bits per heavy atom. The standard InChI is InChI=1S/C16H16FN3O2S2/c1-2-7-18-14(21)8-13-9-23-16(20-13)24-10-15(22)19-12-5-3-11(17)4-6-12/h2-6,9H,1,7-8,10H2,(H,18,21)(H,19,22). The molecule has 2 amide bonds. The van der Waals surface area contributed by atoms with Crippen molar-refractivity contribution >= 4 is 40.6 Å². The van der Waals surface area contributed by atoms with Crippen LogP contribution in [0.4, 0.5) is 10.1 Å². The van der Waals surface area contributed by atoms with Gasteiger partial charge >= 0.3 is 0 Å². The van der Waals surface area contributed by atoms with Gasteiger partial charge in [0, 0.05) is 17.6 Å². The van der Waals surface area contributed by atoms with E-state index in [1.165, 1.54) is 47.4 Å². The van der Waals surface area contributed by atoms with Gasteiger partial charge in [-0.2, -0.15) is 0 Å². The second-order valence-electron chi connectivity index (χ2n) is 4.72. The van der Waals surface area contributed by atoms with E-state index in [9.17, 15) is 14.0 Å². The largest absolute Gasteiger partial charge is 0.352 e. The molecule has 0 spiro atoms. The zero-order valence-electron chi connectivity index (χ0n) is 12.8. The van der Waals surface area contributed by atoms with Crippen LogP contribution in [0.25, 0.3) is 0 Å². The highest BCUT2D eigenvalue weighted by Crippen LogP contribution is 2.23. The predicted molar refractivity (Wildman–Crippen MR) is 94.8 cm³/mol. The third-order valence-corrected chi connectivity index (χ3v) is 4.84. The van der Waals surface area contributed by atoms with Gasteiger partial charge in [0.1, 0.15) is 5.82 Å². The number of rotatable bonds is 8. The number of benzene rings is 1. The van der Waals surface area contributed by atoms with Crippen LogP contribution in [0.5, 0.6) is 0 Å². The Hall–Kier alpha value is -2.19. The van der Waals surface area contributed by atoms with Crippen molar-refractivity contribution in [3.63, 3.8) is 0 Å². The Morgan fingerprint density at radius 3 is 2.75 bits per heavy atom. The zero-order valence-corrected chi connectivity index (χ0v) is 14.4. The molecule has 0 fully saturated rings. The number of halogens is 1. The molecule has 0 saturated carbocycles. The topological polar surface area (TPSA) is 71.1 Å². The summed E-state index contributed by atoms with van der Waals surface area (Å²) < 4.78 is 13.5. The van der Waals surface area contributed by atoms with Gasteiger partial charge in [-0.05, 0) is 24.3 Å². The summed E-state index contributed by atoms with van der Waals surface area (Å²) in [4.78, 5) is 27.7. The number of nitrogens with one attached hydrogen (secondary N) is 2. The zero-order chi connectivity index (χ0) is 17.4. The number of thiazole rings is 1. The summed E-state index contributed by atoms with van der Waals surface area (Å²) >= 11 is 2.68. The number of hydrogen-bond acceptors (Lipinski definition) is 5. The van der Waals surface area contributed by atoms with Gasteiger partial charge in [0.25, 0.3) is 0 Å². The van der Waals surface area contributed by atoms with Crippen molar-refractivity contribution in [3.05, 3.63) is 53.8 Å². The van der Waals surface area contributed by atoms with E-state index in [4.69, 9.17) is 0 Å². The lowest BCUT2D eigenvalue weighted by molar-refractivity contribution is -0.120. The van der Waals surface area contributed by atoms with E-state index in [-0.39, 0.29) is 29.8 Å². The van der Waals surface area contributed by atoms with Crippen molar-refractivity contribution in [1.29, 1.82) is 0 Å². The van der Waals surface area contributed by atoms with Crippen molar-refractivity contribution in [2.45, 2.75) is 10.8 Å². The fourth-order valence-electron chi connectivity index (χ4n) is 1.71. The molecule has 2 aromatic rings. The molecule has 0 aliphatic heterocycles. The molecule has 0 bridgehead atoms. The molecule has 1 aromatic carbocycles. The first-order chi connectivity index (χ1) is 11.6. The minimum atomic E-state index is -0.352. The fourth-order valence-corrected chi connectivity index (χ4v) is 3.35. The highest BCUT2D eigenvalue weighted by molar-refractivity contribution is 8.01. The maximum Gasteiger partial charge on any atom is 0.234 e. The highest BCUT2D eigenvalue weighted by atomic mass is 32.2. The van der Waals surface area contributed by atoms with E-state index >= 15 is 0 Å². The maximum absolute atomic E-state index is 12.8. The Kier molecular flexibility index (Phi) is 6.95. The third-order valence-electron chi connectivity index (χ3n) is 2.77. The van der Waals surface area contributed by atoms with Crippen molar-refractivity contribution in [1.82, 2.24) is 10.3 Å². The molecule has 24 heavy (non-hydrogen) atoms. The molecule has 0 unspecified atom stereocenters. The van der Waals surface area contributed by atoms with Gasteiger partial charge in [-0.25, -0.2) is 9.37 Å². The molecule has 8 heteroatoms. The molecule has 2 N–H and O–H groups in total. The molecule has 5 nitrogen and oxygen atoms in total. The van der Waals surface area contributed by atoms with Crippen LogP contribution in [0.3, 0.4) is 0 Å². The molecular formula is C16H16FN3O2S2. The van der Waals surface area contributed by atoms with Crippen LogP contribution >= 0.6 is 23.1 Å². The number of hydrogen-bond donors (Lipinski definition) is 2. The Bertz CT molecular complexity index is 716. The summed E-state index contributed by atoms with van der Waals surface area (Å²) in [6.45, 7) is 3.96. The predicted octanol–water partition coefficient (Wildman–Crippen LogP) is 2.86. The number of nitrogens with zero attached hydrogens (tertiary/aromatic N) is 1. The Balaban J connectivity index is 1.77. The smallest absolute Gasteiger partial charge is 0.234 e. The van der Waals surface area contributed by atoms with Crippen LogP contribution in [0.1, 0.15) is 5.69 Å². The normalized spacial score (nSPS) is 10.2. The van der Waals surface area contributed by atoms with E-state index in [0.717, 1.165) is 4.34 Å². The van der Waals surface area contributed by atoms with Gasteiger partial charge in [0.15, 0.2) is 4.34 Å². The molecule has 0 atom stereocenters. The van der Waals surface area contributed by atoms with Crippen molar-refractivity contribution in [2.24, 2.45) is 0 Å². The van der Waals surface area contributed by atoms with E-state index < -0.39 is 0 Å². The van der Waals surface area contributed by atoms with Crippen LogP contribution in [0, 0.1) is 5.82 Å².